The number of hydrogen-bond donors (Lipinski definition) is 1. The maximum absolute atomic E-state index is 12.4. The average molecular weight is 467 g/mol. The predicted molar refractivity (Wildman–Crippen MR) is 125 cm³/mol. The number of rotatable bonds is 9. The lowest BCUT2D eigenvalue weighted by molar-refractivity contribution is -0.148. The van der Waals surface area contributed by atoms with Crippen molar-refractivity contribution < 1.29 is 23.9 Å². The Morgan fingerprint density at radius 2 is 1.58 bits per heavy atom. The molecule has 1 saturated heterocycles. The number of esters is 1. The van der Waals surface area contributed by atoms with Crippen molar-refractivity contribution in [2.75, 3.05) is 18.1 Å². The molecule has 0 radical (unpaired) electrons. The van der Waals surface area contributed by atoms with Crippen molar-refractivity contribution in [1.82, 2.24) is 10.2 Å². The van der Waals surface area contributed by atoms with Gasteiger partial charge in [0, 0.05) is 30.0 Å². The van der Waals surface area contributed by atoms with Crippen LogP contribution in [0.4, 0.5) is 0 Å². The highest BCUT2D eigenvalue weighted by Gasteiger charge is 2.35. The maximum Gasteiger partial charge on any atom is 0.306 e. The number of thioether (sulfide) groups is 1. The van der Waals surface area contributed by atoms with E-state index in [2.05, 4.69) is 5.32 Å². The summed E-state index contributed by atoms with van der Waals surface area (Å²) in [5.41, 5.74) is 1.49. The highest BCUT2D eigenvalue weighted by atomic mass is 32.2. The molecule has 2 aromatic rings. The Morgan fingerprint density at radius 3 is 2.27 bits per heavy atom. The molecule has 2 aliphatic rings. The molecule has 1 fully saturated rings. The van der Waals surface area contributed by atoms with E-state index < -0.39 is 0 Å². The molecule has 2 aliphatic heterocycles. The summed E-state index contributed by atoms with van der Waals surface area (Å²) in [4.78, 5) is 50.7. The minimum Gasteiger partial charge on any atom is -0.459 e. The number of carbonyl (C=O) groups is 4. The lowest BCUT2D eigenvalue weighted by atomic mass is 10.1. The summed E-state index contributed by atoms with van der Waals surface area (Å²) < 4.78 is 5.62. The van der Waals surface area contributed by atoms with Crippen LogP contribution in [0.2, 0.25) is 0 Å². The molecule has 2 heterocycles. The van der Waals surface area contributed by atoms with Gasteiger partial charge in [-0.25, -0.2) is 0 Å². The molecule has 33 heavy (non-hydrogen) atoms. The number of unbranched alkanes of at least 4 members (excludes halogenated alkanes) is 2. The van der Waals surface area contributed by atoms with Crippen molar-refractivity contribution in [3.05, 3.63) is 71.3 Å². The molecule has 0 bridgehead atoms. The lowest BCUT2D eigenvalue weighted by Crippen LogP contribution is -2.44. The van der Waals surface area contributed by atoms with E-state index in [1.807, 2.05) is 18.2 Å². The van der Waals surface area contributed by atoms with Gasteiger partial charge in [0.2, 0.25) is 0 Å². The highest BCUT2D eigenvalue weighted by molar-refractivity contribution is 7.99. The van der Waals surface area contributed by atoms with Crippen LogP contribution in [0, 0.1) is 0 Å². The minimum atomic E-state index is -0.339. The monoisotopic (exact) mass is 466 g/mol. The fraction of sp³-hybridized carbons (Fsp3) is 0.360. The molecule has 2 aromatic carbocycles. The van der Waals surface area contributed by atoms with E-state index in [1.54, 1.807) is 48.2 Å². The number of benzene rings is 2. The van der Waals surface area contributed by atoms with E-state index in [1.165, 1.54) is 4.90 Å². The van der Waals surface area contributed by atoms with Crippen molar-refractivity contribution in [2.45, 2.75) is 37.8 Å². The summed E-state index contributed by atoms with van der Waals surface area (Å²) >= 11 is 1.65. The summed E-state index contributed by atoms with van der Waals surface area (Å²) in [5, 5.41) is 2.97. The minimum absolute atomic E-state index is 0.169. The molecular weight excluding hydrogens is 440 g/mol. The molecule has 0 saturated carbocycles. The molecule has 4 rings (SSSR count). The molecule has 0 aromatic heterocycles. The van der Waals surface area contributed by atoms with Crippen LogP contribution < -0.4 is 5.32 Å². The number of hydrogen-bond acceptors (Lipinski definition) is 6. The van der Waals surface area contributed by atoms with Gasteiger partial charge in [0.1, 0.15) is 6.10 Å². The molecule has 2 atom stereocenters. The fourth-order valence-corrected chi connectivity index (χ4v) is 5.23. The van der Waals surface area contributed by atoms with Gasteiger partial charge in [-0.1, -0.05) is 36.8 Å². The zero-order chi connectivity index (χ0) is 23.2. The van der Waals surface area contributed by atoms with Gasteiger partial charge >= 0.3 is 5.97 Å². The predicted octanol–water partition coefficient (Wildman–Crippen LogP) is 3.30. The molecule has 172 valence electrons. The van der Waals surface area contributed by atoms with Crippen LogP contribution in [-0.2, 0) is 9.53 Å². The summed E-state index contributed by atoms with van der Waals surface area (Å²) in [5.74, 6) is 0.399. The van der Waals surface area contributed by atoms with Gasteiger partial charge in [-0.2, -0.15) is 11.8 Å². The normalized spacial score (nSPS) is 19.5. The molecule has 0 aliphatic carbocycles. The number of amides is 3. The first-order valence-corrected chi connectivity index (χ1v) is 12.3. The first-order chi connectivity index (χ1) is 16.0. The zero-order valence-corrected chi connectivity index (χ0v) is 19.0. The standard InChI is InChI=1S/C25H26N2O5S/c28-22(32-21-16-33-15-20(21)26-23(29)17-9-3-1-4-10-17)13-5-2-8-14-27-24(30)18-11-6-7-12-19(18)25(27)31/h1,3-4,6-7,9-12,20-21H,2,5,8,13-16H2,(H,26,29)/t20-,21+/m1/s1. The van der Waals surface area contributed by atoms with Gasteiger partial charge in [-0.3, -0.25) is 24.1 Å². The zero-order valence-electron chi connectivity index (χ0n) is 18.2. The third-order valence-corrected chi connectivity index (χ3v) is 6.96. The SMILES string of the molecule is O=C(CCCCCN1C(=O)c2ccccc2C1=O)O[C@H]1CSC[C@H]1NC(=O)c1ccccc1. The number of fused-ring (bicyclic) bond motifs is 1. The van der Waals surface area contributed by atoms with E-state index in [9.17, 15) is 19.2 Å². The van der Waals surface area contributed by atoms with Gasteiger partial charge in [0.05, 0.1) is 17.2 Å². The van der Waals surface area contributed by atoms with E-state index in [-0.39, 0.29) is 42.3 Å². The molecule has 1 N–H and O–H groups in total. The molecule has 7 nitrogen and oxygen atoms in total. The van der Waals surface area contributed by atoms with Crippen LogP contribution in [0.1, 0.15) is 56.8 Å². The largest absolute Gasteiger partial charge is 0.459 e. The Morgan fingerprint density at radius 1 is 0.909 bits per heavy atom. The summed E-state index contributed by atoms with van der Waals surface area (Å²) in [6.45, 7) is 0.342. The molecule has 0 spiro atoms. The van der Waals surface area contributed by atoms with E-state index >= 15 is 0 Å². The summed E-state index contributed by atoms with van der Waals surface area (Å²) in [6, 6.07) is 15.6. The van der Waals surface area contributed by atoms with Crippen molar-refractivity contribution in [3.63, 3.8) is 0 Å². The first kappa shape index (κ1) is 23.0. The van der Waals surface area contributed by atoms with Gasteiger partial charge in [-0.15, -0.1) is 0 Å². The lowest BCUT2D eigenvalue weighted by Gasteiger charge is -2.20. The number of carbonyl (C=O) groups excluding carboxylic acids is 4. The van der Waals surface area contributed by atoms with Crippen molar-refractivity contribution in [2.24, 2.45) is 0 Å². The smallest absolute Gasteiger partial charge is 0.306 e. The Labute approximate surface area is 196 Å². The fourth-order valence-electron chi connectivity index (χ4n) is 4.01. The molecule has 8 heteroatoms. The van der Waals surface area contributed by atoms with Crippen LogP contribution in [0.15, 0.2) is 54.6 Å². The number of imide groups is 1. The first-order valence-electron chi connectivity index (χ1n) is 11.1. The molecule has 3 amide bonds. The van der Waals surface area contributed by atoms with Crippen molar-refractivity contribution >= 4 is 35.5 Å². The van der Waals surface area contributed by atoms with Crippen LogP contribution in [0.5, 0.6) is 0 Å². The second-order valence-electron chi connectivity index (χ2n) is 8.13. The van der Waals surface area contributed by atoms with Gasteiger partial charge in [0.15, 0.2) is 0 Å². The number of nitrogens with one attached hydrogen (secondary N) is 1. The van der Waals surface area contributed by atoms with Crippen LogP contribution in [0.3, 0.4) is 0 Å². The second-order valence-corrected chi connectivity index (χ2v) is 9.20. The summed E-state index contributed by atoms with van der Waals surface area (Å²) in [7, 11) is 0. The van der Waals surface area contributed by atoms with Gasteiger partial charge in [-0.05, 0) is 37.1 Å². The highest BCUT2D eigenvalue weighted by Crippen LogP contribution is 2.24. The third-order valence-electron chi connectivity index (χ3n) is 5.80. The van der Waals surface area contributed by atoms with Gasteiger partial charge < -0.3 is 10.1 Å². The Balaban J connectivity index is 1.16. The quantitative estimate of drug-likeness (QED) is 0.346. The number of nitrogens with zero attached hydrogens (tertiary/aromatic N) is 1. The van der Waals surface area contributed by atoms with E-state index in [0.29, 0.717) is 54.0 Å². The summed E-state index contributed by atoms with van der Waals surface area (Å²) in [6.07, 6.45) is 1.88. The van der Waals surface area contributed by atoms with Crippen LogP contribution in [-0.4, -0.2) is 58.8 Å². The van der Waals surface area contributed by atoms with Crippen LogP contribution >= 0.6 is 11.8 Å². The Kier molecular flexibility index (Phi) is 7.44. The number of ether oxygens (including phenoxy) is 1. The van der Waals surface area contributed by atoms with E-state index in [4.69, 9.17) is 4.74 Å². The Hall–Kier alpha value is -3.13. The van der Waals surface area contributed by atoms with Crippen molar-refractivity contribution in [1.29, 1.82) is 0 Å². The Bertz CT molecular complexity index is 1010. The molecular formula is C25H26N2O5S. The third kappa shape index (κ3) is 5.45. The van der Waals surface area contributed by atoms with Gasteiger partial charge in [0.25, 0.3) is 17.7 Å². The van der Waals surface area contributed by atoms with E-state index in [0.717, 1.165) is 0 Å². The van der Waals surface area contributed by atoms with Crippen LogP contribution in [0.25, 0.3) is 0 Å². The second kappa shape index (κ2) is 10.7. The van der Waals surface area contributed by atoms with Crippen molar-refractivity contribution in [3.8, 4) is 0 Å². The average Bonchev–Trinajstić information content (AvgIpc) is 3.36. The molecule has 0 unspecified atom stereocenters. The maximum atomic E-state index is 12.4. The topological polar surface area (TPSA) is 92.8 Å².